The van der Waals surface area contributed by atoms with E-state index >= 15 is 0 Å². The number of rotatable bonds is 5. The first kappa shape index (κ1) is 14.3. The van der Waals surface area contributed by atoms with Gasteiger partial charge in [0, 0.05) is 25.7 Å². The minimum atomic E-state index is 0.271. The van der Waals surface area contributed by atoms with Crippen LogP contribution in [0.3, 0.4) is 0 Å². The van der Waals surface area contributed by atoms with E-state index in [1.54, 1.807) is 0 Å². The van der Waals surface area contributed by atoms with Crippen LogP contribution in [0.5, 0.6) is 0 Å². The van der Waals surface area contributed by atoms with Crippen LogP contribution in [0.1, 0.15) is 59.3 Å². The molecule has 1 aliphatic heterocycles. The van der Waals surface area contributed by atoms with Gasteiger partial charge in [0.1, 0.15) is 0 Å². The molecule has 1 heterocycles. The fourth-order valence-electron chi connectivity index (χ4n) is 2.32. The molecule has 0 radical (unpaired) electrons. The molecule has 0 aromatic rings. The number of nitrogens with zero attached hydrogens (tertiary/aromatic N) is 2. The van der Waals surface area contributed by atoms with Crippen molar-refractivity contribution < 1.29 is 4.79 Å². The summed E-state index contributed by atoms with van der Waals surface area (Å²) in [6.45, 7) is 9.33. The third kappa shape index (κ3) is 4.21. The molecular weight excluding hydrogens is 212 g/mol. The van der Waals surface area contributed by atoms with Gasteiger partial charge < -0.3 is 9.80 Å². The van der Waals surface area contributed by atoms with Crippen LogP contribution in [0, 0.1) is 0 Å². The van der Waals surface area contributed by atoms with Crippen molar-refractivity contribution in [3.05, 3.63) is 0 Å². The van der Waals surface area contributed by atoms with E-state index in [0.717, 1.165) is 38.9 Å². The van der Waals surface area contributed by atoms with E-state index in [9.17, 15) is 4.79 Å². The molecule has 0 N–H and O–H groups in total. The Hall–Kier alpha value is -0.730. The van der Waals surface area contributed by atoms with Gasteiger partial charge in [-0.25, -0.2) is 4.79 Å². The van der Waals surface area contributed by atoms with Crippen LogP contribution in [0.4, 0.5) is 4.79 Å². The summed E-state index contributed by atoms with van der Waals surface area (Å²) in [4.78, 5) is 16.6. The topological polar surface area (TPSA) is 23.6 Å². The fourth-order valence-corrected chi connectivity index (χ4v) is 2.32. The van der Waals surface area contributed by atoms with Crippen molar-refractivity contribution >= 4 is 6.03 Å². The molecule has 0 saturated carbocycles. The predicted octanol–water partition coefficient (Wildman–Crippen LogP) is 3.49. The van der Waals surface area contributed by atoms with Gasteiger partial charge in [0.15, 0.2) is 0 Å². The molecule has 0 bridgehead atoms. The van der Waals surface area contributed by atoms with Gasteiger partial charge in [-0.1, -0.05) is 20.3 Å². The Kier molecular flexibility index (Phi) is 6.38. The highest BCUT2D eigenvalue weighted by molar-refractivity contribution is 5.74. The van der Waals surface area contributed by atoms with Crippen LogP contribution < -0.4 is 0 Å². The standard InChI is InChI=1S/C14H28N2O/c1-4-6-12-16(13(3)5-2)14(17)15-10-8-7-9-11-15/h13H,4-12H2,1-3H3. The highest BCUT2D eigenvalue weighted by Crippen LogP contribution is 2.15. The SMILES string of the molecule is CCCCN(C(=O)N1CCCCC1)C(C)CC. The van der Waals surface area contributed by atoms with Gasteiger partial charge in [0.25, 0.3) is 0 Å². The maximum absolute atomic E-state index is 12.5. The summed E-state index contributed by atoms with van der Waals surface area (Å²) in [5.74, 6) is 0. The van der Waals surface area contributed by atoms with Gasteiger partial charge in [-0.2, -0.15) is 0 Å². The Morgan fingerprint density at radius 3 is 2.41 bits per heavy atom. The highest BCUT2D eigenvalue weighted by atomic mass is 16.2. The molecule has 100 valence electrons. The Morgan fingerprint density at radius 2 is 1.88 bits per heavy atom. The molecule has 1 atom stereocenters. The zero-order valence-electron chi connectivity index (χ0n) is 11.7. The van der Waals surface area contributed by atoms with Gasteiger partial charge in [-0.3, -0.25) is 0 Å². The van der Waals surface area contributed by atoms with Gasteiger partial charge in [-0.05, 0) is 39.0 Å². The Bertz CT molecular complexity index is 224. The van der Waals surface area contributed by atoms with Gasteiger partial charge in [0.2, 0.25) is 0 Å². The number of piperidine rings is 1. The van der Waals surface area contributed by atoms with Crippen molar-refractivity contribution in [2.45, 2.75) is 65.3 Å². The average molecular weight is 240 g/mol. The van der Waals surface area contributed by atoms with E-state index in [2.05, 4.69) is 25.7 Å². The number of unbranched alkanes of at least 4 members (excludes halogenated alkanes) is 1. The molecule has 0 aromatic carbocycles. The van der Waals surface area contributed by atoms with Crippen molar-refractivity contribution in [2.24, 2.45) is 0 Å². The number of urea groups is 1. The van der Waals surface area contributed by atoms with E-state index in [0.29, 0.717) is 6.04 Å². The molecule has 3 heteroatoms. The number of hydrogen-bond acceptors (Lipinski definition) is 1. The average Bonchev–Trinajstić information content (AvgIpc) is 2.39. The summed E-state index contributed by atoms with van der Waals surface area (Å²) in [5, 5.41) is 0. The van der Waals surface area contributed by atoms with E-state index < -0.39 is 0 Å². The lowest BCUT2D eigenvalue weighted by Crippen LogP contribution is -2.49. The Morgan fingerprint density at radius 1 is 1.24 bits per heavy atom. The molecular formula is C14H28N2O. The van der Waals surface area contributed by atoms with Crippen LogP contribution in [0.2, 0.25) is 0 Å². The highest BCUT2D eigenvalue weighted by Gasteiger charge is 2.24. The number of carbonyl (C=O) groups excluding carboxylic acids is 1. The van der Waals surface area contributed by atoms with Crippen LogP contribution in [-0.4, -0.2) is 41.5 Å². The third-order valence-corrected chi connectivity index (χ3v) is 3.75. The van der Waals surface area contributed by atoms with Crippen molar-refractivity contribution in [1.29, 1.82) is 0 Å². The first-order chi connectivity index (χ1) is 8.20. The van der Waals surface area contributed by atoms with Gasteiger partial charge in [-0.15, -0.1) is 0 Å². The van der Waals surface area contributed by atoms with Gasteiger partial charge >= 0.3 is 6.03 Å². The van der Waals surface area contributed by atoms with Gasteiger partial charge in [0.05, 0.1) is 0 Å². The lowest BCUT2D eigenvalue weighted by Gasteiger charge is -2.36. The molecule has 2 amide bonds. The molecule has 0 spiro atoms. The summed E-state index contributed by atoms with van der Waals surface area (Å²) >= 11 is 0. The maximum Gasteiger partial charge on any atom is 0.320 e. The van der Waals surface area contributed by atoms with Crippen LogP contribution >= 0.6 is 0 Å². The second-order valence-corrected chi connectivity index (χ2v) is 5.13. The van der Waals surface area contributed by atoms with Crippen LogP contribution in [0.15, 0.2) is 0 Å². The Balaban J connectivity index is 2.56. The molecule has 1 aliphatic rings. The second kappa shape index (κ2) is 7.57. The van der Waals surface area contributed by atoms with E-state index in [1.807, 2.05) is 4.90 Å². The zero-order chi connectivity index (χ0) is 12.7. The van der Waals surface area contributed by atoms with Crippen molar-refractivity contribution in [3.8, 4) is 0 Å². The molecule has 0 aromatic heterocycles. The number of hydrogen-bond donors (Lipinski definition) is 0. The lowest BCUT2D eigenvalue weighted by molar-refractivity contribution is 0.126. The quantitative estimate of drug-likeness (QED) is 0.721. The fraction of sp³-hybridized carbons (Fsp3) is 0.929. The normalized spacial score (nSPS) is 17.9. The van der Waals surface area contributed by atoms with Crippen LogP contribution in [-0.2, 0) is 0 Å². The zero-order valence-corrected chi connectivity index (χ0v) is 11.7. The van der Waals surface area contributed by atoms with E-state index in [4.69, 9.17) is 0 Å². The largest absolute Gasteiger partial charge is 0.325 e. The molecule has 0 aliphatic carbocycles. The second-order valence-electron chi connectivity index (χ2n) is 5.13. The van der Waals surface area contributed by atoms with E-state index in [-0.39, 0.29) is 6.03 Å². The molecule has 1 rings (SSSR count). The van der Waals surface area contributed by atoms with Crippen molar-refractivity contribution in [1.82, 2.24) is 9.80 Å². The molecule has 1 unspecified atom stereocenters. The predicted molar refractivity (Wildman–Crippen MR) is 72.2 cm³/mol. The Labute approximate surface area is 106 Å². The molecule has 17 heavy (non-hydrogen) atoms. The summed E-state index contributed by atoms with van der Waals surface area (Å²) in [6.07, 6.45) is 6.94. The number of likely N-dealkylation sites (tertiary alicyclic amines) is 1. The number of amides is 2. The monoisotopic (exact) mass is 240 g/mol. The summed E-state index contributed by atoms with van der Waals surface area (Å²) in [5.41, 5.74) is 0. The maximum atomic E-state index is 12.5. The molecule has 1 saturated heterocycles. The van der Waals surface area contributed by atoms with E-state index in [1.165, 1.54) is 19.3 Å². The number of carbonyl (C=O) groups is 1. The third-order valence-electron chi connectivity index (χ3n) is 3.75. The van der Waals surface area contributed by atoms with Crippen molar-refractivity contribution in [2.75, 3.05) is 19.6 Å². The molecule has 3 nitrogen and oxygen atoms in total. The summed E-state index contributed by atoms with van der Waals surface area (Å²) in [6, 6.07) is 0.642. The first-order valence-corrected chi connectivity index (χ1v) is 7.26. The summed E-state index contributed by atoms with van der Waals surface area (Å²) < 4.78 is 0. The lowest BCUT2D eigenvalue weighted by atomic mass is 10.1. The minimum Gasteiger partial charge on any atom is -0.325 e. The molecule has 1 fully saturated rings. The van der Waals surface area contributed by atoms with Crippen LogP contribution in [0.25, 0.3) is 0 Å². The van der Waals surface area contributed by atoms with Crippen molar-refractivity contribution in [3.63, 3.8) is 0 Å². The minimum absolute atomic E-state index is 0.271. The summed E-state index contributed by atoms with van der Waals surface area (Å²) in [7, 11) is 0. The smallest absolute Gasteiger partial charge is 0.320 e. The first-order valence-electron chi connectivity index (χ1n) is 7.26.